The summed E-state index contributed by atoms with van der Waals surface area (Å²) < 4.78 is 26.9. The Balaban J connectivity index is 3.03. The van der Waals surface area contributed by atoms with Crippen LogP contribution in [0.1, 0.15) is 39.2 Å². The second-order valence-corrected chi connectivity index (χ2v) is 7.40. The van der Waals surface area contributed by atoms with Crippen molar-refractivity contribution < 1.29 is 8.42 Å². The average molecular weight is 329 g/mol. The monoisotopic (exact) mass is 328 g/mol. The summed E-state index contributed by atoms with van der Waals surface area (Å²) in [4.78, 5) is 0.554. The molecular weight excluding hydrogens is 304 g/mol. The molecule has 0 bridgehead atoms. The number of hydrogen-bond acceptors (Lipinski definition) is 3. The Bertz CT molecular complexity index is 564. The molecule has 0 fully saturated rings. The first-order chi connectivity index (χ1) is 9.86. The molecule has 1 aromatic carbocycles. The van der Waals surface area contributed by atoms with Gasteiger partial charge in [0.25, 0.3) is 0 Å². The lowest BCUT2D eigenvalue weighted by molar-refractivity contribution is 0.339. The molecule has 21 heavy (non-hydrogen) atoms. The molecule has 1 aromatic rings. The predicted molar refractivity (Wildman–Crippen MR) is 90.8 cm³/mol. The van der Waals surface area contributed by atoms with Gasteiger partial charge in [0.1, 0.15) is 4.99 Å². The summed E-state index contributed by atoms with van der Waals surface area (Å²) in [7, 11) is -3.46. The first-order valence-corrected chi connectivity index (χ1v) is 9.11. The number of nitrogens with two attached hydrogens (primary N) is 1. The van der Waals surface area contributed by atoms with Crippen LogP contribution in [0.3, 0.4) is 0 Å². The molecule has 0 aliphatic carbocycles. The highest BCUT2D eigenvalue weighted by atomic mass is 32.2. The van der Waals surface area contributed by atoms with Gasteiger partial charge in [-0.2, -0.15) is 4.31 Å². The van der Waals surface area contributed by atoms with Crippen molar-refractivity contribution in [3.05, 3.63) is 29.8 Å². The van der Waals surface area contributed by atoms with Crippen molar-refractivity contribution in [3.63, 3.8) is 0 Å². The molecule has 118 valence electrons. The second kappa shape index (κ2) is 7.87. The van der Waals surface area contributed by atoms with Crippen molar-refractivity contribution in [2.75, 3.05) is 13.1 Å². The van der Waals surface area contributed by atoms with E-state index in [-0.39, 0.29) is 9.88 Å². The first kappa shape index (κ1) is 18.1. The maximum absolute atomic E-state index is 12.7. The zero-order chi connectivity index (χ0) is 16.0. The van der Waals surface area contributed by atoms with Crippen molar-refractivity contribution in [1.29, 1.82) is 0 Å². The molecule has 0 amide bonds. The lowest BCUT2D eigenvalue weighted by Gasteiger charge is -2.24. The molecule has 2 N–H and O–H groups in total. The minimum atomic E-state index is -3.46. The van der Waals surface area contributed by atoms with Crippen LogP contribution in [-0.4, -0.2) is 30.8 Å². The quantitative estimate of drug-likeness (QED) is 0.745. The molecule has 0 saturated heterocycles. The van der Waals surface area contributed by atoms with Crippen LogP contribution in [0.2, 0.25) is 0 Å². The second-order valence-electron chi connectivity index (χ2n) is 5.03. The molecule has 0 aromatic heterocycles. The van der Waals surface area contributed by atoms with Gasteiger partial charge in [0.05, 0.1) is 4.90 Å². The predicted octanol–water partition coefficient (Wildman–Crippen LogP) is 2.77. The minimum Gasteiger partial charge on any atom is -0.389 e. The van der Waals surface area contributed by atoms with Gasteiger partial charge in [-0.1, -0.05) is 58.0 Å². The summed E-state index contributed by atoms with van der Waals surface area (Å²) in [6, 6.07) is 6.44. The van der Waals surface area contributed by atoms with Crippen LogP contribution < -0.4 is 5.73 Å². The van der Waals surface area contributed by atoms with Crippen LogP contribution in [0.5, 0.6) is 0 Å². The molecule has 0 spiro atoms. The Hall–Kier alpha value is -0.980. The van der Waals surface area contributed by atoms with Gasteiger partial charge >= 0.3 is 0 Å². The number of thiocarbonyl (C=S) groups is 1. The Labute approximate surface area is 133 Å². The fourth-order valence-electron chi connectivity index (χ4n) is 2.17. The molecule has 0 saturated carbocycles. The SMILES string of the molecule is CCC(CC)CN(CC)S(=O)(=O)c1ccc(C(N)=S)cc1. The van der Waals surface area contributed by atoms with E-state index in [2.05, 4.69) is 13.8 Å². The molecule has 0 atom stereocenters. The highest BCUT2D eigenvalue weighted by Crippen LogP contribution is 2.19. The number of rotatable bonds is 8. The van der Waals surface area contributed by atoms with E-state index in [9.17, 15) is 8.42 Å². The molecule has 4 nitrogen and oxygen atoms in total. The maximum Gasteiger partial charge on any atom is 0.243 e. The van der Waals surface area contributed by atoms with Crippen LogP contribution >= 0.6 is 12.2 Å². The van der Waals surface area contributed by atoms with Gasteiger partial charge in [0, 0.05) is 18.7 Å². The smallest absolute Gasteiger partial charge is 0.243 e. The van der Waals surface area contributed by atoms with E-state index >= 15 is 0 Å². The third-order valence-electron chi connectivity index (χ3n) is 3.75. The Morgan fingerprint density at radius 1 is 1.19 bits per heavy atom. The maximum atomic E-state index is 12.7. The van der Waals surface area contributed by atoms with Crippen molar-refractivity contribution in [2.45, 2.75) is 38.5 Å². The zero-order valence-electron chi connectivity index (χ0n) is 12.9. The van der Waals surface area contributed by atoms with E-state index in [0.717, 1.165) is 12.8 Å². The standard InChI is InChI=1S/C15H24N2O2S2/c1-4-12(5-2)11-17(6-3)21(18,19)14-9-7-13(8-10-14)15(16)20/h7-10,12H,4-6,11H2,1-3H3,(H2,16,20). The highest BCUT2D eigenvalue weighted by Gasteiger charge is 2.24. The molecule has 0 radical (unpaired) electrons. The van der Waals surface area contributed by atoms with Crippen molar-refractivity contribution in [3.8, 4) is 0 Å². The minimum absolute atomic E-state index is 0.267. The molecule has 6 heteroatoms. The molecule has 0 unspecified atom stereocenters. The van der Waals surface area contributed by atoms with Crippen LogP contribution in [0, 0.1) is 5.92 Å². The van der Waals surface area contributed by atoms with E-state index in [1.54, 1.807) is 28.6 Å². The molecule has 1 rings (SSSR count). The fraction of sp³-hybridized carbons (Fsp3) is 0.533. The Morgan fingerprint density at radius 3 is 2.10 bits per heavy atom. The fourth-order valence-corrected chi connectivity index (χ4v) is 3.83. The summed E-state index contributed by atoms with van der Waals surface area (Å²) in [5, 5.41) is 0. The van der Waals surface area contributed by atoms with Crippen LogP contribution in [0.4, 0.5) is 0 Å². The zero-order valence-corrected chi connectivity index (χ0v) is 14.5. The van der Waals surface area contributed by atoms with Gasteiger partial charge in [0.2, 0.25) is 10.0 Å². The van der Waals surface area contributed by atoms with Crippen molar-refractivity contribution in [1.82, 2.24) is 4.31 Å². The number of nitrogens with zero attached hydrogens (tertiary/aromatic N) is 1. The van der Waals surface area contributed by atoms with E-state index in [1.807, 2.05) is 6.92 Å². The number of benzene rings is 1. The number of hydrogen-bond donors (Lipinski definition) is 1. The number of sulfonamides is 1. The summed E-state index contributed by atoms with van der Waals surface area (Å²) in [5.41, 5.74) is 6.21. The third kappa shape index (κ3) is 4.49. The van der Waals surface area contributed by atoms with Gasteiger partial charge < -0.3 is 5.73 Å². The largest absolute Gasteiger partial charge is 0.389 e. The summed E-state index contributed by atoms with van der Waals surface area (Å²) in [6.07, 6.45) is 1.95. The molecular formula is C15H24N2O2S2. The molecule has 0 heterocycles. The van der Waals surface area contributed by atoms with Gasteiger partial charge in [-0.05, 0) is 18.1 Å². The highest BCUT2D eigenvalue weighted by molar-refractivity contribution is 7.89. The molecule has 0 aliphatic rings. The van der Waals surface area contributed by atoms with E-state index in [1.165, 1.54) is 0 Å². The van der Waals surface area contributed by atoms with Crippen molar-refractivity contribution in [2.24, 2.45) is 11.7 Å². The Morgan fingerprint density at radius 2 is 1.71 bits per heavy atom. The van der Waals surface area contributed by atoms with Crippen LogP contribution in [0.25, 0.3) is 0 Å². The Kier molecular flexibility index (Phi) is 6.77. The first-order valence-electron chi connectivity index (χ1n) is 7.26. The van der Waals surface area contributed by atoms with Gasteiger partial charge in [-0.3, -0.25) is 0 Å². The average Bonchev–Trinajstić information content (AvgIpc) is 2.48. The summed E-state index contributed by atoms with van der Waals surface area (Å²) in [6.45, 7) is 7.07. The van der Waals surface area contributed by atoms with Crippen LogP contribution in [-0.2, 0) is 10.0 Å². The molecule has 0 aliphatic heterocycles. The van der Waals surface area contributed by atoms with Gasteiger partial charge in [0.15, 0.2) is 0 Å². The lowest BCUT2D eigenvalue weighted by Crippen LogP contribution is -2.35. The van der Waals surface area contributed by atoms with Gasteiger partial charge in [-0.25, -0.2) is 8.42 Å². The van der Waals surface area contributed by atoms with Crippen LogP contribution in [0.15, 0.2) is 29.2 Å². The van der Waals surface area contributed by atoms with Crippen molar-refractivity contribution >= 4 is 27.2 Å². The lowest BCUT2D eigenvalue weighted by atomic mass is 10.0. The summed E-state index contributed by atoms with van der Waals surface area (Å²) in [5.74, 6) is 0.385. The normalized spacial score (nSPS) is 12.0. The third-order valence-corrected chi connectivity index (χ3v) is 5.94. The summed E-state index contributed by atoms with van der Waals surface area (Å²) >= 11 is 4.88. The van der Waals surface area contributed by atoms with Gasteiger partial charge in [-0.15, -0.1) is 0 Å². The topological polar surface area (TPSA) is 63.4 Å². The van der Waals surface area contributed by atoms with E-state index in [0.29, 0.717) is 24.6 Å². The van der Waals surface area contributed by atoms with E-state index in [4.69, 9.17) is 18.0 Å². The van der Waals surface area contributed by atoms with E-state index < -0.39 is 10.0 Å².